The molecular weight excluding hydrogens is 320 g/mol. The van der Waals surface area contributed by atoms with E-state index in [-0.39, 0.29) is 30.7 Å². The number of likely N-dealkylation sites (tertiary alicyclic amines) is 1. The zero-order chi connectivity index (χ0) is 18.4. The Morgan fingerprint density at radius 3 is 2.68 bits per heavy atom. The molecule has 0 aromatic carbocycles. The molecule has 144 valence electrons. The molecule has 7 nitrogen and oxygen atoms in total. The number of carbonyl (C=O) groups is 2. The van der Waals surface area contributed by atoms with Gasteiger partial charge < -0.3 is 20.6 Å². The van der Waals surface area contributed by atoms with E-state index in [2.05, 4.69) is 22.5 Å². The van der Waals surface area contributed by atoms with E-state index in [0.717, 1.165) is 44.9 Å². The van der Waals surface area contributed by atoms with Crippen LogP contribution in [0.2, 0.25) is 0 Å². The van der Waals surface area contributed by atoms with Gasteiger partial charge in [0.25, 0.3) is 0 Å². The van der Waals surface area contributed by atoms with E-state index in [9.17, 15) is 9.59 Å². The van der Waals surface area contributed by atoms with Gasteiger partial charge in [-0.25, -0.2) is 4.79 Å². The van der Waals surface area contributed by atoms with Crippen molar-refractivity contribution in [1.29, 1.82) is 0 Å². The first kappa shape index (κ1) is 20.0. The van der Waals surface area contributed by atoms with Crippen LogP contribution in [-0.4, -0.2) is 77.8 Å². The summed E-state index contributed by atoms with van der Waals surface area (Å²) >= 11 is 0. The predicted octanol–water partition coefficient (Wildman–Crippen LogP) is 1.34. The van der Waals surface area contributed by atoms with E-state index in [1.54, 1.807) is 0 Å². The number of carbonyl (C=O) groups excluding carboxylic acids is 1. The van der Waals surface area contributed by atoms with Crippen molar-refractivity contribution in [2.75, 3.05) is 32.7 Å². The van der Waals surface area contributed by atoms with E-state index in [1.165, 1.54) is 12.8 Å². The van der Waals surface area contributed by atoms with Crippen molar-refractivity contribution in [3.05, 3.63) is 0 Å². The van der Waals surface area contributed by atoms with E-state index in [4.69, 9.17) is 5.11 Å². The van der Waals surface area contributed by atoms with Gasteiger partial charge in [0.15, 0.2) is 0 Å². The first-order chi connectivity index (χ1) is 11.9. The molecule has 2 unspecified atom stereocenters. The molecule has 1 heterocycles. The van der Waals surface area contributed by atoms with E-state index < -0.39 is 5.97 Å². The van der Waals surface area contributed by atoms with Crippen molar-refractivity contribution in [3.63, 3.8) is 0 Å². The van der Waals surface area contributed by atoms with Crippen molar-refractivity contribution in [1.82, 2.24) is 20.4 Å². The summed E-state index contributed by atoms with van der Waals surface area (Å²) in [6.45, 7) is 10.2. The molecule has 2 aliphatic rings. The zero-order valence-corrected chi connectivity index (χ0v) is 15.8. The standard InChI is InChI=1S/C18H34N4O3/c1-4-22(12-17(23)24)16-8-15(9-16)20-18(25)19-14(3)11-21-7-5-6-13(2)10-21/h13-16H,4-12H2,1-3H3,(H,23,24)(H2,19,20,25). The topological polar surface area (TPSA) is 84.9 Å². The number of likely N-dealkylation sites (N-methyl/N-ethyl adjacent to an activating group) is 1. The van der Waals surface area contributed by atoms with Crippen molar-refractivity contribution in [2.45, 2.75) is 64.6 Å². The molecule has 0 aromatic rings. The number of nitrogens with zero attached hydrogens (tertiary/aromatic N) is 2. The fraction of sp³-hybridized carbons (Fsp3) is 0.889. The second kappa shape index (κ2) is 9.38. The average Bonchev–Trinajstić information content (AvgIpc) is 2.48. The summed E-state index contributed by atoms with van der Waals surface area (Å²) in [5.74, 6) is -0.0501. The lowest BCUT2D eigenvalue weighted by Gasteiger charge is -2.42. The normalized spacial score (nSPS) is 28.2. The second-order valence-corrected chi connectivity index (χ2v) is 7.80. The molecule has 7 heteroatoms. The van der Waals surface area contributed by atoms with Crippen molar-refractivity contribution < 1.29 is 14.7 Å². The molecule has 2 amide bonds. The minimum Gasteiger partial charge on any atom is -0.480 e. The third-order valence-corrected chi connectivity index (χ3v) is 5.36. The number of amides is 2. The Bertz CT molecular complexity index is 454. The van der Waals surface area contributed by atoms with Gasteiger partial charge in [0.2, 0.25) is 0 Å². The maximum Gasteiger partial charge on any atom is 0.317 e. The van der Waals surface area contributed by atoms with Gasteiger partial charge in [-0.15, -0.1) is 0 Å². The Morgan fingerprint density at radius 2 is 2.08 bits per heavy atom. The summed E-state index contributed by atoms with van der Waals surface area (Å²) in [5, 5.41) is 15.0. The monoisotopic (exact) mass is 354 g/mol. The van der Waals surface area contributed by atoms with Crippen LogP contribution in [0.4, 0.5) is 4.79 Å². The van der Waals surface area contributed by atoms with E-state index in [1.807, 2.05) is 18.7 Å². The highest BCUT2D eigenvalue weighted by atomic mass is 16.4. The Balaban J connectivity index is 1.63. The number of piperidine rings is 1. The average molecular weight is 354 g/mol. The van der Waals surface area contributed by atoms with Crippen LogP contribution in [0.3, 0.4) is 0 Å². The van der Waals surface area contributed by atoms with Crippen LogP contribution in [0.25, 0.3) is 0 Å². The van der Waals surface area contributed by atoms with E-state index >= 15 is 0 Å². The van der Waals surface area contributed by atoms with Gasteiger partial charge >= 0.3 is 12.0 Å². The second-order valence-electron chi connectivity index (χ2n) is 7.80. The molecule has 1 saturated heterocycles. The highest BCUT2D eigenvalue weighted by molar-refractivity contribution is 5.74. The summed E-state index contributed by atoms with van der Waals surface area (Å²) in [7, 11) is 0. The summed E-state index contributed by atoms with van der Waals surface area (Å²) < 4.78 is 0. The summed E-state index contributed by atoms with van der Waals surface area (Å²) in [4.78, 5) is 27.4. The lowest BCUT2D eigenvalue weighted by Crippen LogP contribution is -2.57. The number of aliphatic carboxylic acids is 1. The molecule has 2 fully saturated rings. The van der Waals surface area contributed by atoms with Gasteiger partial charge in [-0.2, -0.15) is 0 Å². The lowest BCUT2D eigenvalue weighted by atomic mass is 9.85. The fourth-order valence-electron chi connectivity index (χ4n) is 4.01. The van der Waals surface area contributed by atoms with Gasteiger partial charge in [0.05, 0.1) is 6.54 Å². The highest BCUT2D eigenvalue weighted by Crippen LogP contribution is 2.25. The molecular formula is C18H34N4O3. The smallest absolute Gasteiger partial charge is 0.317 e. The predicted molar refractivity (Wildman–Crippen MR) is 97.7 cm³/mol. The molecule has 2 atom stereocenters. The minimum absolute atomic E-state index is 0.0748. The van der Waals surface area contributed by atoms with Gasteiger partial charge in [-0.1, -0.05) is 13.8 Å². The molecule has 0 aromatic heterocycles. The van der Waals surface area contributed by atoms with Crippen LogP contribution in [0.1, 0.15) is 46.5 Å². The van der Waals surface area contributed by atoms with Gasteiger partial charge in [0, 0.05) is 31.2 Å². The Kier molecular flexibility index (Phi) is 7.50. The molecule has 1 saturated carbocycles. The van der Waals surface area contributed by atoms with Crippen LogP contribution >= 0.6 is 0 Å². The number of carboxylic acid groups (broad SMARTS) is 1. The van der Waals surface area contributed by atoms with Crippen LogP contribution in [0.15, 0.2) is 0 Å². The summed E-state index contributed by atoms with van der Waals surface area (Å²) in [5.41, 5.74) is 0. The SMILES string of the molecule is CCN(CC(=O)O)C1CC(NC(=O)NC(C)CN2CCCC(C)C2)C1. The number of rotatable bonds is 8. The van der Waals surface area contributed by atoms with Gasteiger partial charge in [0.1, 0.15) is 0 Å². The van der Waals surface area contributed by atoms with Crippen molar-refractivity contribution >= 4 is 12.0 Å². The Hall–Kier alpha value is -1.34. The van der Waals surface area contributed by atoms with Gasteiger partial charge in [-0.3, -0.25) is 9.69 Å². The molecule has 1 aliphatic heterocycles. The van der Waals surface area contributed by atoms with Crippen molar-refractivity contribution in [2.24, 2.45) is 5.92 Å². The third-order valence-electron chi connectivity index (χ3n) is 5.36. The molecule has 0 bridgehead atoms. The van der Waals surface area contributed by atoms with Crippen molar-refractivity contribution in [3.8, 4) is 0 Å². The first-order valence-corrected chi connectivity index (χ1v) is 9.62. The highest BCUT2D eigenvalue weighted by Gasteiger charge is 2.34. The van der Waals surface area contributed by atoms with Gasteiger partial charge in [-0.05, 0) is 51.6 Å². The summed E-state index contributed by atoms with van der Waals surface area (Å²) in [6, 6.07) is 0.427. The maximum absolute atomic E-state index is 12.1. The Labute approximate surface area is 151 Å². The van der Waals surface area contributed by atoms with Crippen LogP contribution in [0.5, 0.6) is 0 Å². The maximum atomic E-state index is 12.1. The van der Waals surface area contributed by atoms with Crippen LogP contribution in [0, 0.1) is 5.92 Å². The van der Waals surface area contributed by atoms with Crippen LogP contribution < -0.4 is 10.6 Å². The number of hydrogen-bond acceptors (Lipinski definition) is 4. The summed E-state index contributed by atoms with van der Waals surface area (Å²) in [6.07, 6.45) is 4.20. The first-order valence-electron chi connectivity index (χ1n) is 9.62. The minimum atomic E-state index is -0.795. The molecule has 0 spiro atoms. The zero-order valence-electron chi connectivity index (χ0n) is 15.8. The van der Waals surface area contributed by atoms with E-state index in [0.29, 0.717) is 0 Å². The number of urea groups is 1. The molecule has 25 heavy (non-hydrogen) atoms. The quantitative estimate of drug-likeness (QED) is 0.613. The Morgan fingerprint density at radius 1 is 1.36 bits per heavy atom. The fourth-order valence-corrected chi connectivity index (χ4v) is 4.01. The number of nitrogens with one attached hydrogen (secondary N) is 2. The molecule has 1 aliphatic carbocycles. The number of carboxylic acids is 1. The largest absolute Gasteiger partial charge is 0.480 e. The number of hydrogen-bond donors (Lipinski definition) is 3. The molecule has 2 rings (SSSR count). The molecule has 0 radical (unpaired) electrons. The third kappa shape index (κ3) is 6.47. The lowest BCUT2D eigenvalue weighted by molar-refractivity contribution is -0.139. The molecule has 3 N–H and O–H groups in total. The van der Waals surface area contributed by atoms with Crippen LogP contribution in [-0.2, 0) is 4.79 Å².